The first-order chi connectivity index (χ1) is 5.77. The van der Waals surface area contributed by atoms with E-state index in [0.29, 0.717) is 0 Å². The Morgan fingerprint density at radius 3 is 2.29 bits per heavy atom. The van der Waals surface area contributed by atoms with Crippen molar-refractivity contribution in [1.29, 1.82) is 0 Å². The van der Waals surface area contributed by atoms with Gasteiger partial charge >= 0.3 is 29.6 Å². The molecule has 0 aliphatic rings. The molecular formula is C7H14NNaO4S. The molecule has 0 aliphatic heterocycles. The molecule has 0 aromatic carbocycles. The molecule has 0 spiro atoms. The number of carbonyl (C=O) groups is 1. The van der Waals surface area contributed by atoms with E-state index in [1.807, 2.05) is 0 Å². The summed E-state index contributed by atoms with van der Waals surface area (Å²) in [5.41, 5.74) is 0. The van der Waals surface area contributed by atoms with Crippen molar-refractivity contribution in [1.82, 2.24) is 0 Å². The van der Waals surface area contributed by atoms with E-state index in [2.05, 4.69) is 16.8 Å². The molecule has 0 aliphatic carbocycles. The van der Waals surface area contributed by atoms with Crippen molar-refractivity contribution in [3.63, 3.8) is 0 Å². The third-order valence-corrected chi connectivity index (χ3v) is 3.38. The van der Waals surface area contributed by atoms with Gasteiger partial charge in [-0.05, 0) is 19.9 Å². The fourth-order valence-electron chi connectivity index (χ4n) is 0.710. The van der Waals surface area contributed by atoms with E-state index in [1.54, 1.807) is 0 Å². The molecule has 5 nitrogen and oxygen atoms in total. The van der Waals surface area contributed by atoms with Crippen LogP contribution in [0.4, 0.5) is 0 Å². The summed E-state index contributed by atoms with van der Waals surface area (Å²) < 4.78 is 24.8. The predicted octanol–water partition coefficient (Wildman–Crippen LogP) is -0.518. The molecule has 0 rings (SSSR count). The Kier molecular flexibility index (Phi) is 7.15. The number of allylic oxidation sites excluding steroid dienone is 1. The number of hydrogen-bond acceptors (Lipinski definition) is 5. The molecule has 0 unspecified atom stereocenters. The molecule has 0 saturated heterocycles. The third kappa shape index (κ3) is 4.20. The average Bonchev–Trinajstić information content (AvgIpc) is 2.03. The Balaban J connectivity index is 0. The Morgan fingerprint density at radius 1 is 1.57 bits per heavy atom. The maximum absolute atomic E-state index is 11.1. The van der Waals surface area contributed by atoms with Gasteiger partial charge in [0, 0.05) is 6.42 Å². The van der Waals surface area contributed by atoms with Gasteiger partial charge in [0.25, 0.3) is 10.1 Å². The van der Waals surface area contributed by atoms with Crippen LogP contribution < -0.4 is 5.90 Å². The van der Waals surface area contributed by atoms with Gasteiger partial charge in [-0.15, -0.1) is 0 Å². The first-order valence-electron chi connectivity index (χ1n) is 3.55. The van der Waals surface area contributed by atoms with Gasteiger partial charge in [0.05, 0.1) is 0 Å². The predicted molar refractivity (Wildman–Crippen MR) is 55.2 cm³/mol. The number of rotatable bonds is 5. The summed E-state index contributed by atoms with van der Waals surface area (Å²) in [5, 5.41) is 0. The minimum absolute atomic E-state index is 0. The van der Waals surface area contributed by atoms with Gasteiger partial charge in [-0.1, -0.05) is 6.58 Å². The van der Waals surface area contributed by atoms with E-state index in [9.17, 15) is 13.2 Å². The zero-order valence-electron chi connectivity index (χ0n) is 7.61. The van der Waals surface area contributed by atoms with Crippen molar-refractivity contribution >= 4 is 45.5 Å². The van der Waals surface area contributed by atoms with E-state index in [4.69, 9.17) is 0 Å². The summed E-state index contributed by atoms with van der Waals surface area (Å²) in [4.78, 5) is 10.9. The Hall–Kier alpha value is 0.280. The zero-order chi connectivity index (χ0) is 10.7. The molecule has 14 heavy (non-hydrogen) atoms. The molecule has 0 fully saturated rings. The molecule has 0 amide bonds. The molecule has 78 valence electrons. The van der Waals surface area contributed by atoms with Crippen molar-refractivity contribution in [2.45, 2.75) is 25.0 Å². The van der Waals surface area contributed by atoms with Crippen LogP contribution >= 0.6 is 0 Å². The quantitative estimate of drug-likeness (QED) is 0.391. The summed E-state index contributed by atoms with van der Waals surface area (Å²) in [5.74, 6) is 4.21. The van der Waals surface area contributed by atoms with Crippen LogP contribution in [0.15, 0.2) is 12.7 Å². The van der Waals surface area contributed by atoms with Gasteiger partial charge in [-0.25, -0.2) is 0 Å². The molecule has 2 N–H and O–H groups in total. The van der Waals surface area contributed by atoms with E-state index >= 15 is 0 Å². The van der Waals surface area contributed by atoms with Crippen LogP contribution in [0.3, 0.4) is 0 Å². The molecule has 0 aromatic heterocycles. The van der Waals surface area contributed by atoms with E-state index < -0.39 is 14.9 Å². The van der Waals surface area contributed by atoms with Gasteiger partial charge in [-0.2, -0.15) is 18.6 Å². The van der Waals surface area contributed by atoms with Gasteiger partial charge in [-0.3, -0.25) is 4.79 Å². The summed E-state index contributed by atoms with van der Waals surface area (Å²) in [6.45, 7) is 5.95. The first-order valence-corrected chi connectivity index (χ1v) is 4.96. The topological polar surface area (TPSA) is 86.5 Å². The molecule has 0 atom stereocenters. The van der Waals surface area contributed by atoms with Gasteiger partial charge in [0.1, 0.15) is 4.75 Å². The molecule has 0 saturated carbocycles. The standard InChI is InChI=1S/C7H13NO4S.Na.H/c1-4-6(9)5-7(2,3)13(10,11)12-8;;/h4H,1,5,8H2,2-3H3;;. The summed E-state index contributed by atoms with van der Waals surface area (Å²) >= 11 is 0. The Bertz CT molecular complexity index is 310. The number of nitrogens with two attached hydrogens (primary N) is 1. The normalized spacial score (nSPS) is 11.6. The SMILES string of the molecule is C=CC(=O)CC(C)(C)S(=O)(=O)ON.[NaH]. The average molecular weight is 231 g/mol. The molecule has 7 heteroatoms. The number of ketones is 1. The van der Waals surface area contributed by atoms with Gasteiger partial charge in [0.2, 0.25) is 0 Å². The molecule has 0 aromatic rings. The van der Waals surface area contributed by atoms with Crippen molar-refractivity contribution in [2.75, 3.05) is 0 Å². The van der Waals surface area contributed by atoms with Crippen LogP contribution in [0.25, 0.3) is 0 Å². The van der Waals surface area contributed by atoms with Crippen molar-refractivity contribution in [3.8, 4) is 0 Å². The van der Waals surface area contributed by atoms with Crippen LogP contribution in [0.2, 0.25) is 0 Å². The summed E-state index contributed by atoms with van der Waals surface area (Å²) in [7, 11) is -3.89. The van der Waals surface area contributed by atoms with Crippen molar-refractivity contribution in [2.24, 2.45) is 5.90 Å². The monoisotopic (exact) mass is 231 g/mol. The van der Waals surface area contributed by atoms with Gasteiger partial charge in [0.15, 0.2) is 5.78 Å². The second-order valence-electron chi connectivity index (χ2n) is 3.16. The van der Waals surface area contributed by atoms with Crippen molar-refractivity contribution < 1.29 is 17.5 Å². The fraction of sp³-hybridized carbons (Fsp3) is 0.571. The number of hydrogen-bond donors (Lipinski definition) is 1. The van der Waals surface area contributed by atoms with Crippen LogP contribution in [0.1, 0.15) is 20.3 Å². The van der Waals surface area contributed by atoms with E-state index in [0.717, 1.165) is 6.08 Å². The molecular weight excluding hydrogens is 217 g/mol. The van der Waals surface area contributed by atoms with Crippen LogP contribution in [0, 0.1) is 0 Å². The first kappa shape index (κ1) is 16.7. The number of carbonyl (C=O) groups excluding carboxylic acids is 1. The van der Waals surface area contributed by atoms with Gasteiger partial charge < -0.3 is 0 Å². The second kappa shape index (κ2) is 5.99. The third-order valence-electron chi connectivity index (χ3n) is 1.63. The maximum atomic E-state index is 11.1. The van der Waals surface area contributed by atoms with Crippen LogP contribution in [0.5, 0.6) is 0 Å². The van der Waals surface area contributed by atoms with E-state index in [-0.39, 0.29) is 41.8 Å². The molecule has 0 bridgehead atoms. The fourth-order valence-corrected chi connectivity index (χ4v) is 1.29. The van der Waals surface area contributed by atoms with E-state index in [1.165, 1.54) is 13.8 Å². The second-order valence-corrected chi connectivity index (χ2v) is 5.36. The molecule has 0 radical (unpaired) electrons. The Morgan fingerprint density at radius 2 is 2.00 bits per heavy atom. The van der Waals surface area contributed by atoms with Crippen molar-refractivity contribution in [3.05, 3.63) is 12.7 Å². The van der Waals surface area contributed by atoms with Crippen LogP contribution in [-0.2, 0) is 19.2 Å². The van der Waals surface area contributed by atoms with Crippen LogP contribution in [-0.4, -0.2) is 48.5 Å². The minimum atomic E-state index is -3.89. The molecule has 0 heterocycles. The summed E-state index contributed by atoms with van der Waals surface area (Å²) in [6, 6.07) is 0. The zero-order valence-corrected chi connectivity index (χ0v) is 8.43. The summed E-state index contributed by atoms with van der Waals surface area (Å²) in [6.07, 6.45) is 0.865. The Labute approximate surface area is 106 Å².